The molecular weight excluding hydrogens is 554 g/mol. The monoisotopic (exact) mass is 579 g/mol. The lowest BCUT2D eigenvalue weighted by atomic mass is 9.88. The van der Waals surface area contributed by atoms with Crippen LogP contribution in [0.5, 0.6) is 0 Å². The second-order valence-electron chi connectivity index (χ2n) is 9.50. The molecule has 38 heavy (non-hydrogen) atoms. The third-order valence-electron chi connectivity index (χ3n) is 7.08. The van der Waals surface area contributed by atoms with Gasteiger partial charge in [-0.2, -0.15) is 13.2 Å². The van der Waals surface area contributed by atoms with E-state index >= 15 is 0 Å². The predicted molar refractivity (Wildman–Crippen MR) is 147 cm³/mol. The summed E-state index contributed by atoms with van der Waals surface area (Å²) in [4.78, 5) is 18.4. The Kier molecular flexibility index (Phi) is 8.14. The highest BCUT2D eigenvalue weighted by atomic mass is 35.5. The van der Waals surface area contributed by atoms with Gasteiger partial charge in [0, 0.05) is 60.8 Å². The number of amides is 1. The zero-order valence-electron chi connectivity index (χ0n) is 20.4. The van der Waals surface area contributed by atoms with Gasteiger partial charge in [-0.15, -0.1) is 0 Å². The van der Waals surface area contributed by atoms with Gasteiger partial charge in [0.15, 0.2) is 0 Å². The van der Waals surface area contributed by atoms with Gasteiger partial charge in [-0.25, -0.2) is 4.31 Å². The standard InChI is InChI=1S/C28H26Cl2F3N3OS/c29-21-9-10-25(30)26(16-21)38-36-17-23(19-5-2-1-3-6-19)24(18-36)27(37)35-13-11-34(12-14-35)22-8-4-7-20(15-22)28(31,32)33/h1-10,15-16,23-24H,11-14,17-18H2/t23-,24+/m0/s1. The molecular formula is C28H26Cl2F3N3OS. The van der Waals surface area contributed by atoms with E-state index in [1.54, 1.807) is 18.2 Å². The van der Waals surface area contributed by atoms with Crippen LogP contribution in [0.4, 0.5) is 18.9 Å². The van der Waals surface area contributed by atoms with Crippen molar-refractivity contribution in [2.24, 2.45) is 5.92 Å². The van der Waals surface area contributed by atoms with E-state index in [2.05, 4.69) is 16.4 Å². The Morgan fingerprint density at radius 2 is 1.61 bits per heavy atom. The molecule has 3 aromatic carbocycles. The lowest BCUT2D eigenvalue weighted by Crippen LogP contribution is -2.51. The molecule has 0 saturated carbocycles. The number of anilines is 1. The number of benzene rings is 3. The lowest BCUT2D eigenvalue weighted by molar-refractivity contribution is -0.137. The first-order valence-corrected chi connectivity index (χ1v) is 13.9. The van der Waals surface area contributed by atoms with Crippen molar-refractivity contribution in [3.63, 3.8) is 0 Å². The first kappa shape index (κ1) is 27.2. The van der Waals surface area contributed by atoms with Crippen LogP contribution in [0.2, 0.25) is 10.0 Å². The van der Waals surface area contributed by atoms with Crippen LogP contribution in [0.15, 0.2) is 77.7 Å². The average Bonchev–Trinajstić information content (AvgIpc) is 3.34. The fourth-order valence-corrected chi connectivity index (χ4v) is 6.66. The van der Waals surface area contributed by atoms with Crippen LogP contribution < -0.4 is 4.90 Å². The summed E-state index contributed by atoms with van der Waals surface area (Å²) >= 11 is 14.1. The molecule has 0 spiro atoms. The van der Waals surface area contributed by atoms with Crippen molar-refractivity contribution in [3.8, 4) is 0 Å². The zero-order valence-corrected chi connectivity index (χ0v) is 22.7. The van der Waals surface area contributed by atoms with Gasteiger partial charge in [0.25, 0.3) is 0 Å². The molecule has 2 aliphatic heterocycles. The highest BCUT2D eigenvalue weighted by Crippen LogP contribution is 2.41. The molecule has 0 bridgehead atoms. The Hall–Kier alpha value is -2.39. The van der Waals surface area contributed by atoms with Gasteiger partial charge < -0.3 is 9.80 Å². The molecule has 2 fully saturated rings. The van der Waals surface area contributed by atoms with Crippen LogP contribution in [-0.4, -0.2) is 54.4 Å². The van der Waals surface area contributed by atoms with Crippen LogP contribution >= 0.6 is 35.1 Å². The number of hydrogen-bond donors (Lipinski definition) is 0. The fraction of sp³-hybridized carbons (Fsp3) is 0.321. The number of rotatable bonds is 5. The molecule has 200 valence electrons. The van der Waals surface area contributed by atoms with E-state index in [1.807, 2.05) is 34.1 Å². The Morgan fingerprint density at radius 3 is 2.32 bits per heavy atom. The van der Waals surface area contributed by atoms with E-state index in [-0.39, 0.29) is 17.7 Å². The van der Waals surface area contributed by atoms with Gasteiger partial charge in [-0.1, -0.05) is 59.6 Å². The summed E-state index contributed by atoms with van der Waals surface area (Å²) in [6, 6.07) is 20.7. The maximum absolute atomic E-state index is 13.8. The number of carbonyl (C=O) groups excluding carboxylic acids is 1. The minimum Gasteiger partial charge on any atom is -0.368 e. The van der Waals surface area contributed by atoms with Gasteiger partial charge in [0.1, 0.15) is 0 Å². The van der Waals surface area contributed by atoms with E-state index in [1.165, 1.54) is 24.1 Å². The van der Waals surface area contributed by atoms with Crippen molar-refractivity contribution >= 4 is 46.7 Å². The van der Waals surface area contributed by atoms with Crippen molar-refractivity contribution < 1.29 is 18.0 Å². The smallest absolute Gasteiger partial charge is 0.368 e. The van der Waals surface area contributed by atoms with E-state index < -0.39 is 11.7 Å². The molecule has 0 unspecified atom stereocenters. The van der Waals surface area contributed by atoms with Crippen LogP contribution in [-0.2, 0) is 11.0 Å². The topological polar surface area (TPSA) is 26.8 Å². The Morgan fingerprint density at radius 1 is 0.868 bits per heavy atom. The molecule has 0 aromatic heterocycles. The van der Waals surface area contributed by atoms with E-state index in [9.17, 15) is 18.0 Å². The van der Waals surface area contributed by atoms with Crippen LogP contribution in [0.3, 0.4) is 0 Å². The number of carbonyl (C=O) groups is 1. The highest BCUT2D eigenvalue weighted by molar-refractivity contribution is 7.97. The maximum atomic E-state index is 13.8. The zero-order chi connectivity index (χ0) is 26.9. The van der Waals surface area contributed by atoms with Crippen molar-refractivity contribution in [1.82, 2.24) is 9.21 Å². The van der Waals surface area contributed by atoms with Gasteiger partial charge in [-0.05, 0) is 53.9 Å². The third kappa shape index (κ3) is 6.09. The highest BCUT2D eigenvalue weighted by Gasteiger charge is 2.41. The minimum absolute atomic E-state index is 0.00987. The SMILES string of the molecule is O=C([C@@H]1CN(Sc2cc(Cl)ccc2Cl)C[C@H]1c1ccccc1)N1CCN(c2cccc(C(F)(F)F)c2)CC1. The number of alkyl halides is 3. The number of piperazine rings is 1. The van der Waals surface area contributed by atoms with Gasteiger partial charge in [0.2, 0.25) is 5.91 Å². The molecule has 0 radical (unpaired) electrons. The maximum Gasteiger partial charge on any atom is 0.416 e. The van der Waals surface area contributed by atoms with Crippen molar-refractivity contribution in [2.75, 3.05) is 44.2 Å². The summed E-state index contributed by atoms with van der Waals surface area (Å²) < 4.78 is 41.7. The lowest BCUT2D eigenvalue weighted by Gasteiger charge is -2.38. The molecule has 2 aliphatic rings. The van der Waals surface area contributed by atoms with Crippen molar-refractivity contribution in [1.29, 1.82) is 0 Å². The second kappa shape index (κ2) is 11.4. The van der Waals surface area contributed by atoms with E-state index in [0.29, 0.717) is 55.0 Å². The first-order valence-electron chi connectivity index (χ1n) is 12.3. The predicted octanol–water partition coefficient (Wildman–Crippen LogP) is 7.08. The molecule has 10 heteroatoms. The molecule has 5 rings (SSSR count). The fourth-order valence-electron chi connectivity index (χ4n) is 5.12. The van der Waals surface area contributed by atoms with E-state index in [4.69, 9.17) is 23.2 Å². The first-order chi connectivity index (χ1) is 18.2. The molecule has 1 amide bonds. The Balaban J connectivity index is 1.29. The average molecular weight is 581 g/mol. The molecule has 0 N–H and O–H groups in total. The molecule has 3 aromatic rings. The largest absolute Gasteiger partial charge is 0.416 e. The molecule has 2 heterocycles. The number of hydrogen-bond acceptors (Lipinski definition) is 4. The van der Waals surface area contributed by atoms with Crippen LogP contribution in [0, 0.1) is 5.92 Å². The van der Waals surface area contributed by atoms with Gasteiger partial charge in [0.05, 0.1) is 16.5 Å². The minimum atomic E-state index is -4.39. The van der Waals surface area contributed by atoms with Gasteiger partial charge >= 0.3 is 6.18 Å². The quantitative estimate of drug-likeness (QED) is 0.302. The Bertz CT molecular complexity index is 1290. The third-order valence-corrected chi connectivity index (χ3v) is 8.85. The molecule has 2 saturated heterocycles. The molecule has 2 atom stereocenters. The summed E-state index contributed by atoms with van der Waals surface area (Å²) in [5.41, 5.74) is 0.965. The van der Waals surface area contributed by atoms with Gasteiger partial charge in [-0.3, -0.25) is 4.79 Å². The summed E-state index contributed by atoms with van der Waals surface area (Å²) in [5.74, 6) is -0.165. The summed E-state index contributed by atoms with van der Waals surface area (Å²) in [5, 5.41) is 1.21. The van der Waals surface area contributed by atoms with Crippen LogP contribution in [0.25, 0.3) is 0 Å². The van der Waals surface area contributed by atoms with Crippen molar-refractivity contribution in [3.05, 3.63) is 94.0 Å². The Labute approximate surface area is 234 Å². The summed E-state index contributed by atoms with van der Waals surface area (Å²) in [6.45, 7) is 3.11. The molecule has 4 nitrogen and oxygen atoms in total. The number of nitrogens with zero attached hydrogens (tertiary/aromatic N) is 3. The summed E-state index contributed by atoms with van der Waals surface area (Å²) in [7, 11) is 0. The van der Waals surface area contributed by atoms with E-state index in [0.717, 1.165) is 16.5 Å². The van der Waals surface area contributed by atoms with Crippen molar-refractivity contribution in [2.45, 2.75) is 17.0 Å². The second-order valence-corrected chi connectivity index (χ2v) is 11.5. The van der Waals surface area contributed by atoms with Crippen LogP contribution in [0.1, 0.15) is 17.0 Å². The molecule has 0 aliphatic carbocycles. The normalized spacial score (nSPS) is 20.7. The number of halogens is 5. The summed E-state index contributed by atoms with van der Waals surface area (Å²) in [6.07, 6.45) is -4.39.